The van der Waals surface area contributed by atoms with Crippen molar-refractivity contribution in [1.29, 1.82) is 0 Å². The fourth-order valence-corrected chi connectivity index (χ4v) is 2.46. The van der Waals surface area contributed by atoms with Gasteiger partial charge in [0.15, 0.2) is 0 Å². The molecule has 0 saturated heterocycles. The zero-order valence-electron chi connectivity index (χ0n) is 11.5. The van der Waals surface area contributed by atoms with Crippen molar-refractivity contribution in [2.75, 3.05) is 13.6 Å². The molecule has 0 spiro atoms. The van der Waals surface area contributed by atoms with Crippen molar-refractivity contribution in [1.82, 2.24) is 4.90 Å². The van der Waals surface area contributed by atoms with E-state index in [1.54, 1.807) is 12.5 Å². The SMILES string of the molecule is CN(Cc1ccoc1)C(CN)c1cc2ccccc2o1. The molecule has 0 amide bonds. The minimum Gasteiger partial charge on any atom is -0.472 e. The number of benzene rings is 1. The molecule has 1 unspecified atom stereocenters. The van der Waals surface area contributed by atoms with Crippen molar-refractivity contribution in [2.45, 2.75) is 12.6 Å². The molecule has 0 aliphatic heterocycles. The van der Waals surface area contributed by atoms with E-state index in [1.807, 2.05) is 37.4 Å². The molecular weight excluding hydrogens is 252 g/mol. The molecule has 1 atom stereocenters. The van der Waals surface area contributed by atoms with Crippen LogP contribution in [0.2, 0.25) is 0 Å². The number of hydrogen-bond donors (Lipinski definition) is 1. The Bertz CT molecular complexity index is 640. The summed E-state index contributed by atoms with van der Waals surface area (Å²) in [4.78, 5) is 2.17. The first kappa shape index (κ1) is 13.0. The van der Waals surface area contributed by atoms with Crippen LogP contribution < -0.4 is 5.73 Å². The highest BCUT2D eigenvalue weighted by Crippen LogP contribution is 2.27. The Hall–Kier alpha value is -2.04. The maximum Gasteiger partial charge on any atom is 0.134 e. The summed E-state index contributed by atoms with van der Waals surface area (Å²) in [5, 5.41) is 1.11. The third kappa shape index (κ3) is 2.48. The molecule has 3 rings (SSSR count). The smallest absolute Gasteiger partial charge is 0.134 e. The number of nitrogens with zero attached hydrogens (tertiary/aromatic N) is 1. The average molecular weight is 270 g/mol. The Labute approximate surface area is 117 Å². The number of nitrogens with two attached hydrogens (primary N) is 1. The van der Waals surface area contributed by atoms with E-state index in [-0.39, 0.29) is 6.04 Å². The van der Waals surface area contributed by atoms with Crippen LogP contribution in [0.25, 0.3) is 11.0 Å². The summed E-state index contributed by atoms with van der Waals surface area (Å²) in [5.41, 5.74) is 7.96. The third-order valence-corrected chi connectivity index (χ3v) is 3.54. The number of furan rings is 2. The molecule has 0 saturated carbocycles. The fourth-order valence-electron chi connectivity index (χ4n) is 2.46. The van der Waals surface area contributed by atoms with Gasteiger partial charge in [0.05, 0.1) is 18.6 Å². The number of hydrogen-bond acceptors (Lipinski definition) is 4. The van der Waals surface area contributed by atoms with Crippen LogP contribution in [0, 0.1) is 0 Å². The first-order valence-corrected chi connectivity index (χ1v) is 6.68. The summed E-state index contributed by atoms with van der Waals surface area (Å²) in [6, 6.07) is 12.1. The molecule has 0 aliphatic rings. The molecule has 2 heterocycles. The Balaban J connectivity index is 1.84. The second-order valence-electron chi connectivity index (χ2n) is 4.98. The van der Waals surface area contributed by atoms with Crippen molar-refractivity contribution in [2.24, 2.45) is 5.73 Å². The van der Waals surface area contributed by atoms with E-state index in [1.165, 1.54) is 0 Å². The minimum absolute atomic E-state index is 0.0531. The first-order valence-electron chi connectivity index (χ1n) is 6.68. The van der Waals surface area contributed by atoms with Gasteiger partial charge in [0, 0.05) is 24.0 Å². The van der Waals surface area contributed by atoms with Crippen molar-refractivity contribution in [3.05, 3.63) is 60.2 Å². The fraction of sp³-hybridized carbons (Fsp3) is 0.250. The van der Waals surface area contributed by atoms with Gasteiger partial charge in [-0.2, -0.15) is 0 Å². The van der Waals surface area contributed by atoms with Crippen LogP contribution >= 0.6 is 0 Å². The van der Waals surface area contributed by atoms with E-state index in [2.05, 4.69) is 11.0 Å². The molecule has 1 aromatic carbocycles. The van der Waals surface area contributed by atoms with Gasteiger partial charge in [0.2, 0.25) is 0 Å². The normalized spacial score (nSPS) is 13.2. The van der Waals surface area contributed by atoms with Crippen molar-refractivity contribution in [3.8, 4) is 0 Å². The zero-order valence-corrected chi connectivity index (χ0v) is 11.5. The number of rotatable bonds is 5. The Morgan fingerprint density at radius 2 is 2.10 bits per heavy atom. The standard InChI is InChI=1S/C16H18N2O2/c1-18(10-12-6-7-19-11-12)14(9-17)16-8-13-4-2-3-5-15(13)20-16/h2-8,11,14H,9-10,17H2,1H3. The van der Waals surface area contributed by atoms with Crippen molar-refractivity contribution in [3.63, 3.8) is 0 Å². The number of fused-ring (bicyclic) bond motifs is 1. The van der Waals surface area contributed by atoms with Gasteiger partial charge in [-0.1, -0.05) is 18.2 Å². The molecule has 4 nitrogen and oxygen atoms in total. The van der Waals surface area contributed by atoms with Gasteiger partial charge in [-0.3, -0.25) is 4.90 Å². The molecule has 20 heavy (non-hydrogen) atoms. The topological polar surface area (TPSA) is 55.5 Å². The lowest BCUT2D eigenvalue weighted by atomic mass is 10.1. The van der Waals surface area contributed by atoms with Crippen LogP contribution in [-0.4, -0.2) is 18.5 Å². The molecule has 0 bridgehead atoms. The average Bonchev–Trinajstić information content (AvgIpc) is 3.08. The molecular formula is C16H18N2O2. The highest BCUT2D eigenvalue weighted by Gasteiger charge is 2.20. The van der Waals surface area contributed by atoms with Gasteiger partial charge in [0.25, 0.3) is 0 Å². The summed E-state index contributed by atoms with van der Waals surface area (Å²) in [6.07, 6.45) is 3.44. The highest BCUT2D eigenvalue weighted by atomic mass is 16.3. The molecule has 3 aromatic rings. The van der Waals surface area contributed by atoms with E-state index in [0.717, 1.165) is 28.8 Å². The van der Waals surface area contributed by atoms with Crippen LogP contribution in [0.1, 0.15) is 17.4 Å². The van der Waals surface area contributed by atoms with Gasteiger partial charge >= 0.3 is 0 Å². The summed E-state index contributed by atoms with van der Waals surface area (Å²) in [6.45, 7) is 1.28. The highest BCUT2D eigenvalue weighted by molar-refractivity contribution is 5.77. The van der Waals surface area contributed by atoms with Crippen molar-refractivity contribution >= 4 is 11.0 Å². The lowest BCUT2D eigenvalue weighted by Crippen LogP contribution is -2.29. The largest absolute Gasteiger partial charge is 0.472 e. The molecule has 2 N–H and O–H groups in total. The van der Waals surface area contributed by atoms with Gasteiger partial charge in [0.1, 0.15) is 11.3 Å². The third-order valence-electron chi connectivity index (χ3n) is 3.54. The van der Waals surface area contributed by atoms with Crippen LogP contribution in [0.5, 0.6) is 0 Å². The molecule has 104 valence electrons. The Kier molecular flexibility index (Phi) is 3.58. The van der Waals surface area contributed by atoms with Gasteiger partial charge in [-0.25, -0.2) is 0 Å². The zero-order chi connectivity index (χ0) is 13.9. The summed E-state index contributed by atoms with van der Waals surface area (Å²) < 4.78 is 11.0. The second kappa shape index (κ2) is 5.53. The maximum absolute atomic E-state index is 5.93. The van der Waals surface area contributed by atoms with Gasteiger partial charge in [-0.15, -0.1) is 0 Å². The van der Waals surface area contributed by atoms with Crippen LogP contribution in [-0.2, 0) is 6.54 Å². The molecule has 4 heteroatoms. The van der Waals surface area contributed by atoms with Crippen molar-refractivity contribution < 1.29 is 8.83 Å². The van der Waals surface area contributed by atoms with E-state index in [0.29, 0.717) is 6.54 Å². The predicted molar refractivity (Wildman–Crippen MR) is 78.2 cm³/mol. The summed E-state index contributed by atoms with van der Waals surface area (Å²) >= 11 is 0. The molecule has 0 aliphatic carbocycles. The van der Waals surface area contributed by atoms with E-state index < -0.39 is 0 Å². The van der Waals surface area contributed by atoms with Crippen LogP contribution in [0.3, 0.4) is 0 Å². The lowest BCUT2D eigenvalue weighted by Gasteiger charge is -2.24. The first-order chi connectivity index (χ1) is 9.78. The monoisotopic (exact) mass is 270 g/mol. The second-order valence-corrected chi connectivity index (χ2v) is 4.98. The molecule has 0 fully saturated rings. The Morgan fingerprint density at radius 1 is 1.25 bits per heavy atom. The van der Waals surface area contributed by atoms with E-state index in [9.17, 15) is 0 Å². The van der Waals surface area contributed by atoms with Gasteiger partial charge in [-0.05, 0) is 25.2 Å². The lowest BCUT2D eigenvalue weighted by molar-refractivity contribution is 0.215. The summed E-state index contributed by atoms with van der Waals surface area (Å²) in [7, 11) is 2.04. The maximum atomic E-state index is 5.93. The van der Waals surface area contributed by atoms with E-state index in [4.69, 9.17) is 14.6 Å². The number of likely N-dealkylation sites (N-methyl/N-ethyl adjacent to an activating group) is 1. The molecule has 0 radical (unpaired) electrons. The van der Waals surface area contributed by atoms with Gasteiger partial charge < -0.3 is 14.6 Å². The Morgan fingerprint density at radius 3 is 2.80 bits per heavy atom. The number of para-hydroxylation sites is 1. The van der Waals surface area contributed by atoms with E-state index >= 15 is 0 Å². The van der Waals surface area contributed by atoms with Crippen LogP contribution in [0.15, 0.2) is 57.8 Å². The predicted octanol–water partition coefficient (Wildman–Crippen LogP) is 3.16. The summed E-state index contributed by atoms with van der Waals surface area (Å²) in [5.74, 6) is 0.902. The van der Waals surface area contributed by atoms with Crippen LogP contribution in [0.4, 0.5) is 0 Å². The minimum atomic E-state index is 0.0531. The molecule has 2 aromatic heterocycles. The quantitative estimate of drug-likeness (QED) is 0.773.